The highest BCUT2D eigenvalue weighted by molar-refractivity contribution is 7.09. The quantitative estimate of drug-likeness (QED) is 0.332. The standard InChI is InChI=1S/C18H27NO2S/c1-3-4-5-6-7-8-9-10-16-17(21-18(16)20)12-11-15-13-22-14(2)19-15/h3,13,16-17H,1,4-12H2,2H3/t16-,17-/m1/s1. The van der Waals surface area contributed by atoms with Crippen LogP contribution in [0.1, 0.15) is 62.1 Å². The first kappa shape index (κ1) is 17.2. The van der Waals surface area contributed by atoms with Crippen LogP contribution < -0.4 is 0 Å². The molecule has 0 saturated carbocycles. The zero-order valence-electron chi connectivity index (χ0n) is 13.6. The molecule has 0 spiro atoms. The molecule has 2 heterocycles. The van der Waals surface area contributed by atoms with Crippen LogP contribution in [0.3, 0.4) is 0 Å². The SMILES string of the molecule is C=CCCCCCCC[C@H]1C(=O)O[C@@H]1CCc1csc(C)n1. The van der Waals surface area contributed by atoms with Crippen LogP contribution in [-0.4, -0.2) is 17.1 Å². The summed E-state index contributed by atoms with van der Waals surface area (Å²) >= 11 is 1.68. The van der Waals surface area contributed by atoms with Gasteiger partial charge in [-0.15, -0.1) is 17.9 Å². The highest BCUT2D eigenvalue weighted by Gasteiger charge is 2.41. The van der Waals surface area contributed by atoms with Gasteiger partial charge in [-0.2, -0.15) is 0 Å². The van der Waals surface area contributed by atoms with Crippen molar-refractivity contribution in [2.45, 2.75) is 70.8 Å². The van der Waals surface area contributed by atoms with Crippen molar-refractivity contribution in [1.29, 1.82) is 0 Å². The molecule has 0 radical (unpaired) electrons. The summed E-state index contributed by atoms with van der Waals surface area (Å²) in [6.07, 6.45) is 12.2. The van der Waals surface area contributed by atoms with E-state index in [2.05, 4.69) is 16.9 Å². The van der Waals surface area contributed by atoms with E-state index in [4.69, 9.17) is 4.74 Å². The molecule has 2 atom stereocenters. The smallest absolute Gasteiger partial charge is 0.313 e. The summed E-state index contributed by atoms with van der Waals surface area (Å²) in [4.78, 5) is 16.1. The van der Waals surface area contributed by atoms with E-state index in [0.717, 1.165) is 42.8 Å². The van der Waals surface area contributed by atoms with Gasteiger partial charge < -0.3 is 4.74 Å². The van der Waals surface area contributed by atoms with Crippen molar-refractivity contribution in [3.05, 3.63) is 28.7 Å². The number of rotatable bonds is 11. The molecule has 2 rings (SSSR count). The highest BCUT2D eigenvalue weighted by Crippen LogP contribution is 2.31. The Balaban J connectivity index is 1.58. The summed E-state index contributed by atoms with van der Waals surface area (Å²) in [6, 6.07) is 0. The first-order chi connectivity index (χ1) is 10.7. The number of thiazole rings is 1. The fourth-order valence-corrected chi connectivity index (χ4v) is 3.61. The van der Waals surface area contributed by atoms with E-state index in [1.165, 1.54) is 25.7 Å². The summed E-state index contributed by atoms with van der Waals surface area (Å²) in [5.41, 5.74) is 1.13. The number of aromatic nitrogens is 1. The third-order valence-corrected chi connectivity index (χ3v) is 5.12. The number of carbonyl (C=O) groups excluding carboxylic acids is 1. The van der Waals surface area contributed by atoms with E-state index in [1.807, 2.05) is 13.0 Å². The first-order valence-corrected chi connectivity index (χ1v) is 9.31. The van der Waals surface area contributed by atoms with Gasteiger partial charge in [-0.25, -0.2) is 4.98 Å². The minimum absolute atomic E-state index is 0.00566. The second-order valence-electron chi connectivity index (χ2n) is 6.11. The van der Waals surface area contributed by atoms with Crippen LogP contribution in [0.25, 0.3) is 0 Å². The van der Waals surface area contributed by atoms with Crippen LogP contribution >= 0.6 is 11.3 Å². The molecule has 3 nitrogen and oxygen atoms in total. The average molecular weight is 321 g/mol. The predicted octanol–water partition coefficient (Wildman–Crippen LogP) is 4.84. The van der Waals surface area contributed by atoms with Crippen molar-refractivity contribution >= 4 is 17.3 Å². The third kappa shape index (κ3) is 5.24. The molecule has 1 aromatic heterocycles. The van der Waals surface area contributed by atoms with Crippen molar-refractivity contribution in [2.24, 2.45) is 5.92 Å². The zero-order valence-corrected chi connectivity index (χ0v) is 14.4. The van der Waals surface area contributed by atoms with Crippen LogP contribution in [0.5, 0.6) is 0 Å². The number of allylic oxidation sites excluding steroid dienone is 1. The number of ether oxygens (including phenoxy) is 1. The van der Waals surface area contributed by atoms with E-state index < -0.39 is 0 Å². The highest BCUT2D eigenvalue weighted by atomic mass is 32.1. The molecule has 4 heteroatoms. The van der Waals surface area contributed by atoms with Crippen LogP contribution in [0, 0.1) is 12.8 Å². The average Bonchev–Trinajstić information content (AvgIpc) is 2.91. The van der Waals surface area contributed by atoms with Gasteiger partial charge in [0, 0.05) is 5.38 Å². The Kier molecular flexibility index (Phi) is 7.10. The summed E-state index contributed by atoms with van der Waals surface area (Å²) in [6.45, 7) is 5.76. The molecule has 0 aromatic carbocycles. The lowest BCUT2D eigenvalue weighted by Gasteiger charge is -2.35. The van der Waals surface area contributed by atoms with Crippen molar-refractivity contribution in [3.63, 3.8) is 0 Å². The molecule has 0 bridgehead atoms. The number of nitrogens with zero attached hydrogens (tertiary/aromatic N) is 1. The van der Waals surface area contributed by atoms with Gasteiger partial charge in [-0.1, -0.05) is 31.8 Å². The number of hydrogen-bond acceptors (Lipinski definition) is 4. The molecule has 0 amide bonds. The van der Waals surface area contributed by atoms with Gasteiger partial charge in [-0.05, 0) is 39.0 Å². The van der Waals surface area contributed by atoms with Gasteiger partial charge in [0.15, 0.2) is 0 Å². The summed E-state index contributed by atoms with van der Waals surface area (Å²) in [7, 11) is 0. The number of cyclic esters (lactones) is 1. The maximum Gasteiger partial charge on any atom is 0.313 e. The minimum Gasteiger partial charge on any atom is -0.461 e. The molecule has 0 unspecified atom stereocenters. The minimum atomic E-state index is 0.00566. The van der Waals surface area contributed by atoms with E-state index in [0.29, 0.717) is 0 Å². The molecular formula is C18H27NO2S. The van der Waals surface area contributed by atoms with Crippen LogP contribution in [0.4, 0.5) is 0 Å². The number of aryl methyl sites for hydroxylation is 2. The van der Waals surface area contributed by atoms with E-state index in [9.17, 15) is 4.79 Å². The molecule has 0 N–H and O–H groups in total. The number of hydrogen-bond donors (Lipinski definition) is 0. The molecule has 1 aliphatic heterocycles. The molecule has 1 fully saturated rings. The fourth-order valence-electron chi connectivity index (χ4n) is 2.96. The first-order valence-electron chi connectivity index (χ1n) is 8.43. The van der Waals surface area contributed by atoms with Gasteiger partial charge in [0.05, 0.1) is 16.6 Å². The molecule has 22 heavy (non-hydrogen) atoms. The topological polar surface area (TPSA) is 39.2 Å². The van der Waals surface area contributed by atoms with Crippen LogP contribution in [0.15, 0.2) is 18.0 Å². The Bertz CT molecular complexity index is 483. The predicted molar refractivity (Wildman–Crippen MR) is 91.1 cm³/mol. The molecule has 122 valence electrons. The second kappa shape index (κ2) is 9.09. The van der Waals surface area contributed by atoms with Gasteiger partial charge in [0.1, 0.15) is 6.10 Å². The summed E-state index contributed by atoms with van der Waals surface area (Å²) in [5, 5.41) is 3.21. The van der Waals surface area contributed by atoms with Gasteiger partial charge in [0.2, 0.25) is 0 Å². The molecule has 0 aliphatic carbocycles. The molecule has 1 aromatic rings. The summed E-state index contributed by atoms with van der Waals surface area (Å²) in [5.74, 6) is 0.138. The number of unbranched alkanes of at least 4 members (excludes halogenated alkanes) is 5. The van der Waals surface area contributed by atoms with Crippen LogP contribution in [0.2, 0.25) is 0 Å². The van der Waals surface area contributed by atoms with Crippen LogP contribution in [-0.2, 0) is 16.0 Å². The third-order valence-electron chi connectivity index (χ3n) is 4.29. The lowest BCUT2D eigenvalue weighted by molar-refractivity contribution is -0.185. The Morgan fingerprint density at radius 3 is 2.73 bits per heavy atom. The van der Waals surface area contributed by atoms with E-state index in [1.54, 1.807) is 11.3 Å². The van der Waals surface area contributed by atoms with E-state index >= 15 is 0 Å². The summed E-state index contributed by atoms with van der Waals surface area (Å²) < 4.78 is 5.32. The maximum absolute atomic E-state index is 11.6. The zero-order chi connectivity index (χ0) is 15.8. The monoisotopic (exact) mass is 321 g/mol. The lowest BCUT2D eigenvalue weighted by Crippen LogP contribution is -2.45. The fraction of sp³-hybridized carbons (Fsp3) is 0.667. The van der Waals surface area contributed by atoms with Crippen molar-refractivity contribution in [2.75, 3.05) is 0 Å². The molecular weight excluding hydrogens is 294 g/mol. The number of esters is 1. The lowest BCUT2D eigenvalue weighted by atomic mass is 9.87. The van der Waals surface area contributed by atoms with Crippen molar-refractivity contribution in [3.8, 4) is 0 Å². The number of carbonyl (C=O) groups is 1. The van der Waals surface area contributed by atoms with Gasteiger partial charge in [0.25, 0.3) is 0 Å². The Labute approximate surface area is 137 Å². The maximum atomic E-state index is 11.6. The Morgan fingerprint density at radius 1 is 1.27 bits per heavy atom. The largest absolute Gasteiger partial charge is 0.461 e. The van der Waals surface area contributed by atoms with E-state index in [-0.39, 0.29) is 18.0 Å². The van der Waals surface area contributed by atoms with Crippen molar-refractivity contribution < 1.29 is 9.53 Å². The molecule has 1 aliphatic rings. The second-order valence-corrected chi connectivity index (χ2v) is 7.17. The Hall–Kier alpha value is -1.16. The van der Waals surface area contributed by atoms with Gasteiger partial charge >= 0.3 is 5.97 Å². The normalized spacial score (nSPS) is 20.5. The van der Waals surface area contributed by atoms with Gasteiger partial charge in [-0.3, -0.25) is 4.79 Å². The Morgan fingerprint density at radius 2 is 2.05 bits per heavy atom. The van der Waals surface area contributed by atoms with Crippen molar-refractivity contribution in [1.82, 2.24) is 4.98 Å². The molecule has 1 saturated heterocycles.